The molecule has 3 heterocycles. The molecule has 174 valence electrons. The zero-order valence-electron chi connectivity index (χ0n) is 19.5. The van der Waals surface area contributed by atoms with E-state index in [9.17, 15) is 9.59 Å². The lowest BCUT2D eigenvalue weighted by molar-refractivity contribution is -0.139. The van der Waals surface area contributed by atoms with Crippen LogP contribution < -0.4 is 9.64 Å². The number of anilines is 1. The van der Waals surface area contributed by atoms with Crippen LogP contribution in [-0.2, 0) is 22.6 Å². The van der Waals surface area contributed by atoms with Gasteiger partial charge in [-0.25, -0.2) is 9.97 Å². The summed E-state index contributed by atoms with van der Waals surface area (Å²) in [6.07, 6.45) is 6.29. The standard InChI is InChI=1S/C26H32N4O3/c1-17-22-11-12-23(31)30(15-18-6-3-10-21(14-18)33-2)25(22)28-24(27-17)20-9-5-13-29(16-20)26(32)19-7-4-8-19/h3,6,10,14,19-20H,4-5,7-9,11-13,15-16H2,1-2H3. The molecule has 0 radical (unpaired) electrons. The second kappa shape index (κ2) is 9.12. The molecule has 7 nitrogen and oxygen atoms in total. The van der Waals surface area contributed by atoms with Crippen molar-refractivity contribution in [3.05, 3.63) is 46.9 Å². The third kappa shape index (κ3) is 4.33. The minimum absolute atomic E-state index is 0.0831. The van der Waals surface area contributed by atoms with Gasteiger partial charge in [0, 0.05) is 42.6 Å². The summed E-state index contributed by atoms with van der Waals surface area (Å²) in [5, 5.41) is 0. The maximum atomic E-state index is 13.0. The summed E-state index contributed by atoms with van der Waals surface area (Å²) in [6, 6.07) is 7.81. The molecule has 2 aliphatic heterocycles. The molecule has 5 rings (SSSR count). The molecular weight excluding hydrogens is 416 g/mol. The van der Waals surface area contributed by atoms with Crippen LogP contribution >= 0.6 is 0 Å². The molecule has 2 amide bonds. The van der Waals surface area contributed by atoms with Crippen LogP contribution in [0.1, 0.15) is 67.1 Å². The highest BCUT2D eigenvalue weighted by Gasteiger charge is 2.35. The van der Waals surface area contributed by atoms with Gasteiger partial charge in [0.2, 0.25) is 11.8 Å². The number of amides is 2. The van der Waals surface area contributed by atoms with E-state index in [-0.39, 0.29) is 17.7 Å². The fraction of sp³-hybridized carbons (Fsp3) is 0.538. The van der Waals surface area contributed by atoms with Gasteiger partial charge in [-0.1, -0.05) is 18.6 Å². The summed E-state index contributed by atoms with van der Waals surface area (Å²) in [5.74, 6) is 2.99. The number of aryl methyl sites for hydroxylation is 1. The minimum Gasteiger partial charge on any atom is -0.497 e. The van der Waals surface area contributed by atoms with Gasteiger partial charge < -0.3 is 9.64 Å². The van der Waals surface area contributed by atoms with E-state index in [4.69, 9.17) is 14.7 Å². The van der Waals surface area contributed by atoms with E-state index >= 15 is 0 Å². The van der Waals surface area contributed by atoms with Gasteiger partial charge in [-0.2, -0.15) is 0 Å². The molecule has 1 unspecified atom stereocenters. The number of carbonyl (C=O) groups is 2. The maximum absolute atomic E-state index is 13.0. The highest BCUT2D eigenvalue weighted by molar-refractivity contribution is 5.95. The van der Waals surface area contributed by atoms with Gasteiger partial charge in [0.1, 0.15) is 17.4 Å². The Labute approximate surface area is 195 Å². The smallest absolute Gasteiger partial charge is 0.228 e. The molecule has 1 aliphatic carbocycles. The molecule has 1 aromatic carbocycles. The van der Waals surface area contributed by atoms with Crippen molar-refractivity contribution in [1.82, 2.24) is 14.9 Å². The Bertz CT molecular complexity index is 1070. The highest BCUT2D eigenvalue weighted by atomic mass is 16.5. The summed E-state index contributed by atoms with van der Waals surface area (Å²) in [4.78, 5) is 39.4. The Hall–Kier alpha value is -2.96. The summed E-state index contributed by atoms with van der Waals surface area (Å²) in [6.45, 7) is 3.98. The lowest BCUT2D eigenvalue weighted by Crippen LogP contribution is -2.44. The molecular formula is C26H32N4O3. The van der Waals surface area contributed by atoms with E-state index in [0.29, 0.717) is 31.8 Å². The monoisotopic (exact) mass is 448 g/mol. The Morgan fingerprint density at radius 3 is 2.76 bits per heavy atom. The molecule has 33 heavy (non-hydrogen) atoms. The van der Waals surface area contributed by atoms with Crippen LogP contribution in [0.4, 0.5) is 5.82 Å². The zero-order valence-corrected chi connectivity index (χ0v) is 19.5. The van der Waals surface area contributed by atoms with Gasteiger partial charge in [-0.3, -0.25) is 14.5 Å². The van der Waals surface area contributed by atoms with Crippen molar-refractivity contribution in [2.45, 2.75) is 64.3 Å². The maximum Gasteiger partial charge on any atom is 0.228 e. The normalized spacial score (nSPS) is 20.9. The number of methoxy groups -OCH3 is 1. The van der Waals surface area contributed by atoms with Gasteiger partial charge in [-0.05, 0) is 56.7 Å². The lowest BCUT2D eigenvalue weighted by Gasteiger charge is -2.37. The number of hydrogen-bond donors (Lipinski definition) is 0. The predicted molar refractivity (Wildman–Crippen MR) is 125 cm³/mol. The average molecular weight is 449 g/mol. The van der Waals surface area contributed by atoms with Gasteiger partial charge in [0.25, 0.3) is 0 Å². The van der Waals surface area contributed by atoms with E-state index in [2.05, 4.69) is 0 Å². The number of hydrogen-bond acceptors (Lipinski definition) is 5. The third-order valence-corrected chi connectivity index (χ3v) is 7.38. The zero-order chi connectivity index (χ0) is 22.9. The number of aromatic nitrogens is 2. The molecule has 1 saturated carbocycles. The Morgan fingerprint density at radius 1 is 1.15 bits per heavy atom. The van der Waals surface area contributed by atoms with Crippen LogP contribution in [-0.4, -0.2) is 46.9 Å². The number of carbonyl (C=O) groups excluding carboxylic acids is 2. The Morgan fingerprint density at radius 2 is 2.00 bits per heavy atom. The van der Waals surface area contributed by atoms with Crippen molar-refractivity contribution in [1.29, 1.82) is 0 Å². The molecule has 2 aromatic rings. The van der Waals surface area contributed by atoms with Crippen LogP contribution in [0.2, 0.25) is 0 Å². The number of rotatable bonds is 5. The third-order valence-electron chi connectivity index (χ3n) is 7.38. The number of likely N-dealkylation sites (tertiary alicyclic amines) is 1. The molecule has 7 heteroatoms. The number of piperidine rings is 1. The van der Waals surface area contributed by atoms with Crippen molar-refractivity contribution in [2.24, 2.45) is 5.92 Å². The number of ether oxygens (including phenoxy) is 1. The van der Waals surface area contributed by atoms with Crippen LogP contribution in [0.15, 0.2) is 24.3 Å². The topological polar surface area (TPSA) is 75.6 Å². The Balaban J connectivity index is 1.42. The van der Waals surface area contributed by atoms with Gasteiger partial charge in [0.05, 0.1) is 13.7 Å². The van der Waals surface area contributed by atoms with Crippen LogP contribution in [0.5, 0.6) is 5.75 Å². The average Bonchev–Trinajstić information content (AvgIpc) is 2.80. The molecule has 2 fully saturated rings. The van der Waals surface area contributed by atoms with Crippen molar-refractivity contribution in [3.63, 3.8) is 0 Å². The molecule has 3 aliphatic rings. The van der Waals surface area contributed by atoms with Crippen molar-refractivity contribution >= 4 is 17.6 Å². The first-order valence-corrected chi connectivity index (χ1v) is 12.1. The number of benzene rings is 1. The molecule has 0 spiro atoms. The van der Waals surface area contributed by atoms with Crippen LogP contribution in [0.3, 0.4) is 0 Å². The molecule has 1 atom stereocenters. The van der Waals surface area contributed by atoms with Gasteiger partial charge in [-0.15, -0.1) is 0 Å². The largest absolute Gasteiger partial charge is 0.497 e. The second-order valence-corrected chi connectivity index (χ2v) is 9.55. The first-order valence-electron chi connectivity index (χ1n) is 12.1. The van der Waals surface area contributed by atoms with E-state index in [1.165, 1.54) is 0 Å². The summed E-state index contributed by atoms with van der Waals surface area (Å²) < 4.78 is 5.35. The second-order valence-electron chi connectivity index (χ2n) is 9.55. The SMILES string of the molecule is COc1cccc(CN2C(=O)CCc3c(C)nc(C4CCCN(C(=O)C5CCC5)C4)nc32)c1. The van der Waals surface area contributed by atoms with Crippen LogP contribution in [0.25, 0.3) is 0 Å². The highest BCUT2D eigenvalue weighted by Crippen LogP contribution is 2.35. The van der Waals surface area contributed by atoms with E-state index in [0.717, 1.165) is 72.9 Å². The van der Waals surface area contributed by atoms with E-state index in [1.807, 2.05) is 36.1 Å². The summed E-state index contributed by atoms with van der Waals surface area (Å²) in [7, 11) is 1.65. The molecule has 1 saturated heterocycles. The van der Waals surface area contributed by atoms with Crippen molar-refractivity contribution in [2.75, 3.05) is 25.1 Å². The fourth-order valence-electron chi connectivity index (χ4n) is 5.20. The predicted octanol–water partition coefficient (Wildman–Crippen LogP) is 3.78. The van der Waals surface area contributed by atoms with Gasteiger partial charge in [0.15, 0.2) is 0 Å². The van der Waals surface area contributed by atoms with Crippen molar-refractivity contribution < 1.29 is 14.3 Å². The minimum atomic E-state index is 0.0831. The molecule has 0 N–H and O–H groups in total. The van der Waals surface area contributed by atoms with Crippen LogP contribution in [0, 0.1) is 12.8 Å². The summed E-state index contributed by atoms with van der Waals surface area (Å²) in [5.41, 5.74) is 3.00. The molecule has 0 bridgehead atoms. The lowest BCUT2D eigenvalue weighted by atomic mass is 9.83. The van der Waals surface area contributed by atoms with E-state index < -0.39 is 0 Å². The van der Waals surface area contributed by atoms with E-state index in [1.54, 1.807) is 12.0 Å². The first-order chi connectivity index (χ1) is 16.0. The summed E-state index contributed by atoms with van der Waals surface area (Å²) >= 11 is 0. The number of nitrogens with zero attached hydrogens (tertiary/aromatic N) is 4. The fourth-order valence-corrected chi connectivity index (χ4v) is 5.20. The first kappa shape index (κ1) is 21.9. The molecule has 1 aromatic heterocycles. The van der Waals surface area contributed by atoms with Crippen molar-refractivity contribution in [3.8, 4) is 5.75 Å². The Kier molecular flexibility index (Phi) is 6.04. The number of fused-ring (bicyclic) bond motifs is 1. The van der Waals surface area contributed by atoms with Gasteiger partial charge >= 0.3 is 0 Å². The quantitative estimate of drug-likeness (QED) is 0.696.